The van der Waals surface area contributed by atoms with Crippen LogP contribution in [0.2, 0.25) is 0 Å². The summed E-state index contributed by atoms with van der Waals surface area (Å²) in [5.74, 6) is -0.689. The van der Waals surface area contributed by atoms with Crippen LogP contribution in [0.3, 0.4) is 0 Å². The lowest BCUT2D eigenvalue weighted by Crippen LogP contribution is -2.46. The second-order valence-electron chi connectivity index (χ2n) is 8.54. The van der Waals surface area contributed by atoms with E-state index in [1.54, 1.807) is 22.9 Å². The number of anilines is 1. The largest absolute Gasteiger partial charge is 0.461 e. The Morgan fingerprint density at radius 3 is 2.34 bits per heavy atom. The number of amides is 1. The minimum Gasteiger partial charge on any atom is -0.461 e. The summed E-state index contributed by atoms with van der Waals surface area (Å²) in [6.07, 6.45) is 0.506. The number of nitro groups is 1. The van der Waals surface area contributed by atoms with Gasteiger partial charge in [0.15, 0.2) is 0 Å². The van der Waals surface area contributed by atoms with Crippen LogP contribution in [0.15, 0.2) is 78.9 Å². The summed E-state index contributed by atoms with van der Waals surface area (Å²) >= 11 is 0. The Morgan fingerprint density at radius 1 is 1.03 bits per heavy atom. The van der Waals surface area contributed by atoms with Crippen molar-refractivity contribution < 1.29 is 19.2 Å². The summed E-state index contributed by atoms with van der Waals surface area (Å²) in [5, 5.41) is 11.4. The second kappa shape index (κ2) is 10.8. The van der Waals surface area contributed by atoms with Gasteiger partial charge in [-0.05, 0) is 23.6 Å². The first-order valence-electron chi connectivity index (χ1n) is 11.4. The van der Waals surface area contributed by atoms with Crippen LogP contribution >= 0.6 is 0 Å². The van der Waals surface area contributed by atoms with Crippen molar-refractivity contribution in [3.05, 3.63) is 106 Å². The Labute approximate surface area is 203 Å². The number of hydrogen-bond donors (Lipinski definition) is 0. The average Bonchev–Trinajstić information content (AvgIpc) is 2.97. The smallest absolute Gasteiger partial charge is 0.308 e. The van der Waals surface area contributed by atoms with Gasteiger partial charge >= 0.3 is 5.97 Å². The van der Waals surface area contributed by atoms with Crippen LogP contribution in [0.4, 0.5) is 11.4 Å². The number of benzene rings is 3. The maximum absolute atomic E-state index is 13.6. The number of carbonyl (C=O) groups excluding carboxylic acids is 2. The van der Waals surface area contributed by atoms with E-state index >= 15 is 0 Å². The third-order valence-corrected chi connectivity index (χ3v) is 6.20. The molecule has 180 valence electrons. The predicted molar refractivity (Wildman–Crippen MR) is 132 cm³/mol. The summed E-state index contributed by atoms with van der Waals surface area (Å²) in [4.78, 5) is 40.7. The minimum absolute atomic E-state index is 0.0340. The van der Waals surface area contributed by atoms with E-state index in [9.17, 15) is 19.7 Å². The molecular formula is C27H27N3O5. The molecule has 0 spiro atoms. The second-order valence-corrected chi connectivity index (χ2v) is 8.54. The molecule has 1 aliphatic heterocycles. The first-order chi connectivity index (χ1) is 16.9. The Bertz CT molecular complexity index is 1200. The number of hydrogen-bond acceptors (Lipinski definition) is 6. The number of esters is 1. The highest BCUT2D eigenvalue weighted by Crippen LogP contribution is 2.32. The summed E-state index contributed by atoms with van der Waals surface area (Å²) in [6, 6.07) is 22.9. The molecule has 0 saturated heterocycles. The molecule has 0 aliphatic carbocycles. The number of nitrogens with zero attached hydrogens (tertiary/aromatic N) is 3. The first kappa shape index (κ1) is 23.9. The summed E-state index contributed by atoms with van der Waals surface area (Å²) in [7, 11) is 1.73. The number of likely N-dealkylation sites (N-methyl/N-ethyl adjacent to an activating group) is 1. The van der Waals surface area contributed by atoms with Crippen LogP contribution in [-0.4, -0.2) is 41.3 Å². The zero-order valence-corrected chi connectivity index (χ0v) is 19.5. The molecule has 0 aromatic heterocycles. The van der Waals surface area contributed by atoms with Gasteiger partial charge in [-0.25, -0.2) is 0 Å². The van der Waals surface area contributed by atoms with Gasteiger partial charge in [-0.3, -0.25) is 19.7 Å². The fourth-order valence-electron chi connectivity index (χ4n) is 4.26. The predicted octanol–water partition coefficient (Wildman–Crippen LogP) is 4.12. The van der Waals surface area contributed by atoms with E-state index < -0.39 is 16.9 Å². The van der Waals surface area contributed by atoms with Crippen LogP contribution < -0.4 is 4.90 Å². The van der Waals surface area contributed by atoms with Gasteiger partial charge in [0, 0.05) is 43.5 Å². The Kier molecular flexibility index (Phi) is 7.40. The van der Waals surface area contributed by atoms with E-state index in [1.165, 1.54) is 12.1 Å². The number of nitro benzene ring substituents is 1. The van der Waals surface area contributed by atoms with E-state index in [1.807, 2.05) is 60.7 Å². The van der Waals surface area contributed by atoms with E-state index in [2.05, 4.69) is 0 Å². The number of rotatable bonds is 8. The van der Waals surface area contributed by atoms with E-state index in [0.29, 0.717) is 24.2 Å². The lowest BCUT2D eigenvalue weighted by atomic mass is 10.1. The molecule has 35 heavy (non-hydrogen) atoms. The highest BCUT2D eigenvalue weighted by molar-refractivity contribution is 5.91. The molecule has 3 aromatic carbocycles. The normalized spacial score (nSPS) is 15.3. The maximum atomic E-state index is 13.6. The quantitative estimate of drug-likeness (QED) is 0.278. The molecule has 8 heteroatoms. The maximum Gasteiger partial charge on any atom is 0.308 e. The van der Waals surface area contributed by atoms with Gasteiger partial charge in [0.05, 0.1) is 11.3 Å². The molecule has 3 aromatic rings. The van der Waals surface area contributed by atoms with Gasteiger partial charge in [0.1, 0.15) is 12.6 Å². The molecule has 0 saturated carbocycles. The number of fused-ring (bicyclic) bond motifs is 1. The topological polar surface area (TPSA) is 93.0 Å². The van der Waals surface area contributed by atoms with Crippen LogP contribution in [0.1, 0.15) is 23.1 Å². The fraction of sp³-hybridized carbons (Fsp3) is 0.259. The molecule has 0 bridgehead atoms. The van der Waals surface area contributed by atoms with Crippen molar-refractivity contribution in [2.45, 2.75) is 32.0 Å². The standard InChI is InChI=1S/C27H27N3O5/c1-28-24-13-12-23(30(33)34)16-22(24)18-29(15-14-20-8-4-2-5-9-20)27(32)25(28)17-26(31)35-19-21-10-6-3-7-11-21/h2-13,16,25H,14-15,17-19H2,1H3. The van der Waals surface area contributed by atoms with Gasteiger partial charge in [-0.2, -0.15) is 0 Å². The van der Waals surface area contributed by atoms with Crippen LogP contribution in [0.25, 0.3) is 0 Å². The summed E-state index contributed by atoms with van der Waals surface area (Å²) in [6.45, 7) is 0.780. The van der Waals surface area contributed by atoms with E-state index in [4.69, 9.17) is 4.74 Å². The fourth-order valence-corrected chi connectivity index (χ4v) is 4.26. The van der Waals surface area contributed by atoms with Crippen molar-refractivity contribution in [2.75, 3.05) is 18.5 Å². The van der Waals surface area contributed by atoms with Crippen LogP contribution in [0, 0.1) is 10.1 Å². The van der Waals surface area contributed by atoms with E-state index in [-0.39, 0.29) is 31.2 Å². The highest BCUT2D eigenvalue weighted by Gasteiger charge is 2.35. The Hall–Kier alpha value is -4.20. The zero-order chi connectivity index (χ0) is 24.8. The Morgan fingerprint density at radius 2 is 1.69 bits per heavy atom. The monoisotopic (exact) mass is 473 g/mol. The first-order valence-corrected chi connectivity index (χ1v) is 11.4. The van der Waals surface area contributed by atoms with Gasteiger partial charge in [0.25, 0.3) is 5.69 Å². The third kappa shape index (κ3) is 5.84. The molecule has 0 N–H and O–H groups in total. The van der Waals surface area contributed by atoms with Gasteiger partial charge in [0.2, 0.25) is 5.91 Å². The van der Waals surface area contributed by atoms with Crippen molar-refractivity contribution in [2.24, 2.45) is 0 Å². The molecule has 1 amide bonds. The SMILES string of the molecule is CN1c2ccc([N+](=O)[O-])cc2CN(CCc2ccccc2)C(=O)C1CC(=O)OCc1ccccc1. The molecule has 0 fully saturated rings. The van der Waals surface area contributed by atoms with Crippen molar-refractivity contribution >= 4 is 23.3 Å². The average molecular weight is 474 g/mol. The lowest BCUT2D eigenvalue weighted by molar-refractivity contribution is -0.384. The molecule has 8 nitrogen and oxygen atoms in total. The lowest BCUT2D eigenvalue weighted by Gasteiger charge is -2.29. The number of non-ortho nitro benzene ring substituents is 1. The van der Waals surface area contributed by atoms with Crippen molar-refractivity contribution in [3.63, 3.8) is 0 Å². The Balaban J connectivity index is 1.56. The van der Waals surface area contributed by atoms with Crippen molar-refractivity contribution in [3.8, 4) is 0 Å². The molecule has 0 radical (unpaired) electrons. The molecule has 1 aliphatic rings. The molecule has 4 rings (SSSR count). The third-order valence-electron chi connectivity index (χ3n) is 6.20. The molecule has 1 heterocycles. The van der Waals surface area contributed by atoms with Crippen LogP contribution in [-0.2, 0) is 33.9 Å². The highest BCUT2D eigenvalue weighted by atomic mass is 16.6. The summed E-state index contributed by atoms with van der Waals surface area (Å²) < 4.78 is 5.45. The number of carbonyl (C=O) groups is 2. The van der Waals surface area contributed by atoms with Crippen LogP contribution in [0.5, 0.6) is 0 Å². The van der Waals surface area contributed by atoms with E-state index in [0.717, 1.165) is 11.1 Å². The molecule has 1 unspecified atom stereocenters. The minimum atomic E-state index is -0.781. The molecular weight excluding hydrogens is 446 g/mol. The van der Waals surface area contributed by atoms with Crippen molar-refractivity contribution in [1.82, 2.24) is 4.90 Å². The molecule has 1 atom stereocenters. The van der Waals surface area contributed by atoms with Gasteiger partial charge in [-0.15, -0.1) is 0 Å². The van der Waals surface area contributed by atoms with Gasteiger partial charge in [-0.1, -0.05) is 60.7 Å². The zero-order valence-electron chi connectivity index (χ0n) is 19.5. The summed E-state index contributed by atoms with van der Waals surface area (Å²) in [5.41, 5.74) is 3.27. The number of ether oxygens (including phenoxy) is 1. The van der Waals surface area contributed by atoms with Gasteiger partial charge < -0.3 is 14.5 Å². The van der Waals surface area contributed by atoms with Crippen molar-refractivity contribution in [1.29, 1.82) is 0 Å².